The molecule has 18 heavy (non-hydrogen) atoms. The van der Waals surface area contributed by atoms with E-state index in [1.807, 2.05) is 0 Å². The number of piperidine rings is 2. The molecule has 2 aliphatic heterocycles. The van der Waals surface area contributed by atoms with E-state index in [1.54, 1.807) is 8.61 Å². The first-order valence-corrected chi connectivity index (χ1v) is 9.47. The van der Waals surface area contributed by atoms with Gasteiger partial charge >= 0.3 is 0 Å². The lowest BCUT2D eigenvalue weighted by Crippen LogP contribution is -2.49. The van der Waals surface area contributed by atoms with Gasteiger partial charge in [-0.2, -0.15) is 17.0 Å². The van der Waals surface area contributed by atoms with Crippen LogP contribution in [0.25, 0.3) is 0 Å². The number of halogens is 1. The summed E-state index contributed by atoms with van der Waals surface area (Å²) in [5.41, 5.74) is 0. The second kappa shape index (κ2) is 6.68. The molecule has 0 aromatic carbocycles. The third-order valence-corrected chi connectivity index (χ3v) is 6.43. The molecule has 0 saturated carbocycles. The van der Waals surface area contributed by atoms with Gasteiger partial charge in [0.1, 0.15) is 0 Å². The second-order valence-corrected chi connectivity index (χ2v) is 8.03. The predicted molar refractivity (Wildman–Crippen MR) is 77.1 cm³/mol. The Morgan fingerprint density at radius 2 is 1.67 bits per heavy atom. The van der Waals surface area contributed by atoms with E-state index < -0.39 is 10.2 Å². The van der Waals surface area contributed by atoms with Gasteiger partial charge in [0.15, 0.2) is 0 Å². The minimum absolute atomic E-state index is 0.526. The van der Waals surface area contributed by atoms with Crippen molar-refractivity contribution in [2.75, 3.05) is 31.5 Å². The fraction of sp³-hybridized carbons (Fsp3) is 1.00. The molecule has 2 aliphatic rings. The predicted octanol–water partition coefficient (Wildman–Crippen LogP) is 2.21. The van der Waals surface area contributed by atoms with Crippen LogP contribution in [0.3, 0.4) is 0 Å². The molecule has 0 spiro atoms. The third kappa shape index (κ3) is 3.46. The number of alkyl halides is 1. The molecule has 2 heterocycles. The monoisotopic (exact) mass is 338 g/mol. The quantitative estimate of drug-likeness (QED) is 0.737. The molecule has 1 unspecified atom stereocenters. The molecule has 2 fully saturated rings. The first kappa shape index (κ1) is 14.8. The van der Waals surface area contributed by atoms with Crippen molar-refractivity contribution in [2.45, 2.75) is 38.5 Å². The molecule has 0 aliphatic carbocycles. The standard InChI is InChI=1S/C12H23BrN2O2S/c13-7-6-12-5-4-10-15(11-12)18(16,17)14-8-2-1-3-9-14/h12H,1-11H2. The maximum Gasteiger partial charge on any atom is 0.281 e. The van der Waals surface area contributed by atoms with Crippen LogP contribution in [0.2, 0.25) is 0 Å². The summed E-state index contributed by atoms with van der Waals surface area (Å²) in [7, 11) is -3.18. The average Bonchev–Trinajstić information content (AvgIpc) is 2.40. The summed E-state index contributed by atoms with van der Waals surface area (Å²) < 4.78 is 28.5. The molecular formula is C12H23BrN2O2S. The number of hydrogen-bond acceptors (Lipinski definition) is 2. The largest absolute Gasteiger partial charge is 0.281 e. The van der Waals surface area contributed by atoms with Gasteiger partial charge in [0.05, 0.1) is 0 Å². The van der Waals surface area contributed by atoms with Gasteiger partial charge < -0.3 is 0 Å². The van der Waals surface area contributed by atoms with E-state index in [1.165, 1.54) is 0 Å². The number of hydrogen-bond donors (Lipinski definition) is 0. The minimum Gasteiger partial charge on any atom is -0.195 e. The van der Waals surface area contributed by atoms with E-state index in [9.17, 15) is 8.42 Å². The maximum absolute atomic E-state index is 12.5. The highest BCUT2D eigenvalue weighted by Gasteiger charge is 2.33. The van der Waals surface area contributed by atoms with E-state index in [2.05, 4.69) is 15.9 Å². The van der Waals surface area contributed by atoms with Gasteiger partial charge in [0.25, 0.3) is 10.2 Å². The van der Waals surface area contributed by atoms with Crippen LogP contribution >= 0.6 is 15.9 Å². The van der Waals surface area contributed by atoms with Gasteiger partial charge in [-0.15, -0.1) is 0 Å². The highest BCUT2D eigenvalue weighted by Crippen LogP contribution is 2.25. The summed E-state index contributed by atoms with van der Waals surface area (Å²) in [6, 6.07) is 0. The van der Waals surface area contributed by atoms with Crippen molar-refractivity contribution in [2.24, 2.45) is 5.92 Å². The molecule has 0 radical (unpaired) electrons. The van der Waals surface area contributed by atoms with E-state index in [-0.39, 0.29) is 0 Å². The molecule has 4 nitrogen and oxygen atoms in total. The molecule has 6 heteroatoms. The first-order valence-electron chi connectivity index (χ1n) is 6.96. The van der Waals surface area contributed by atoms with Crippen LogP contribution in [-0.2, 0) is 10.2 Å². The zero-order chi connectivity index (χ0) is 13.0. The maximum atomic E-state index is 12.5. The molecule has 1 atom stereocenters. The van der Waals surface area contributed by atoms with E-state index in [0.717, 1.165) is 43.9 Å². The molecule has 106 valence electrons. The zero-order valence-corrected chi connectivity index (χ0v) is 13.3. The summed E-state index contributed by atoms with van der Waals surface area (Å²) in [5, 5.41) is 0.968. The molecule has 0 aromatic heterocycles. The Balaban J connectivity index is 1.99. The summed E-state index contributed by atoms with van der Waals surface area (Å²) in [6.07, 6.45) is 6.43. The second-order valence-electron chi connectivity index (χ2n) is 5.31. The van der Waals surface area contributed by atoms with Crippen LogP contribution in [0.5, 0.6) is 0 Å². The number of nitrogens with zero attached hydrogens (tertiary/aromatic N) is 2. The van der Waals surface area contributed by atoms with E-state index in [0.29, 0.717) is 32.1 Å². The van der Waals surface area contributed by atoms with Crippen molar-refractivity contribution in [3.8, 4) is 0 Å². The van der Waals surface area contributed by atoms with Gasteiger partial charge in [-0.1, -0.05) is 22.4 Å². The topological polar surface area (TPSA) is 40.6 Å². The lowest BCUT2D eigenvalue weighted by molar-refractivity contribution is 0.236. The third-order valence-electron chi connectivity index (χ3n) is 3.97. The van der Waals surface area contributed by atoms with Crippen molar-refractivity contribution in [3.05, 3.63) is 0 Å². The van der Waals surface area contributed by atoms with Crippen molar-refractivity contribution in [1.82, 2.24) is 8.61 Å². The molecule has 2 rings (SSSR count). The fourth-order valence-corrected chi connectivity index (χ4v) is 5.34. The van der Waals surface area contributed by atoms with E-state index >= 15 is 0 Å². The Morgan fingerprint density at radius 3 is 2.33 bits per heavy atom. The average molecular weight is 339 g/mol. The van der Waals surface area contributed by atoms with Gasteiger partial charge in [0, 0.05) is 31.5 Å². The Kier molecular flexibility index (Phi) is 5.47. The van der Waals surface area contributed by atoms with Crippen molar-refractivity contribution in [1.29, 1.82) is 0 Å². The van der Waals surface area contributed by atoms with Crippen LogP contribution in [0.4, 0.5) is 0 Å². The van der Waals surface area contributed by atoms with Crippen LogP contribution in [-0.4, -0.2) is 48.5 Å². The van der Waals surface area contributed by atoms with Crippen LogP contribution in [0.1, 0.15) is 38.5 Å². The highest BCUT2D eigenvalue weighted by atomic mass is 79.9. The van der Waals surface area contributed by atoms with Gasteiger partial charge in [-0.05, 0) is 38.0 Å². The van der Waals surface area contributed by atoms with Gasteiger partial charge in [-0.3, -0.25) is 0 Å². The molecule has 2 saturated heterocycles. The van der Waals surface area contributed by atoms with Crippen molar-refractivity contribution in [3.63, 3.8) is 0 Å². The molecule has 0 bridgehead atoms. The first-order chi connectivity index (χ1) is 8.64. The Morgan fingerprint density at radius 1 is 1.00 bits per heavy atom. The van der Waals surface area contributed by atoms with Crippen LogP contribution in [0, 0.1) is 5.92 Å². The summed E-state index contributed by atoms with van der Waals surface area (Å²) in [6.45, 7) is 2.84. The van der Waals surface area contributed by atoms with Crippen LogP contribution in [0.15, 0.2) is 0 Å². The zero-order valence-electron chi connectivity index (χ0n) is 10.9. The molecule has 0 N–H and O–H groups in total. The molecule has 0 amide bonds. The lowest BCUT2D eigenvalue weighted by Gasteiger charge is -2.36. The fourth-order valence-electron chi connectivity index (χ4n) is 2.89. The SMILES string of the molecule is O=S(=O)(N1CCCCC1)N1CCCC(CCBr)C1. The Bertz CT molecular complexity index is 353. The van der Waals surface area contributed by atoms with E-state index in [4.69, 9.17) is 0 Å². The Hall–Kier alpha value is 0.350. The molecular weight excluding hydrogens is 316 g/mol. The smallest absolute Gasteiger partial charge is 0.195 e. The van der Waals surface area contributed by atoms with Gasteiger partial charge in [0.2, 0.25) is 0 Å². The summed E-state index contributed by atoms with van der Waals surface area (Å²) >= 11 is 3.45. The lowest BCUT2D eigenvalue weighted by atomic mass is 9.97. The highest BCUT2D eigenvalue weighted by molar-refractivity contribution is 9.09. The minimum atomic E-state index is -3.18. The molecule has 0 aromatic rings. The summed E-state index contributed by atoms with van der Waals surface area (Å²) in [4.78, 5) is 0. The van der Waals surface area contributed by atoms with Crippen LogP contribution < -0.4 is 0 Å². The summed E-state index contributed by atoms with van der Waals surface area (Å²) in [5.74, 6) is 0.526. The number of rotatable bonds is 4. The Labute approximate surface area is 119 Å². The normalized spacial score (nSPS) is 28.4. The van der Waals surface area contributed by atoms with Crippen molar-refractivity contribution < 1.29 is 8.42 Å². The van der Waals surface area contributed by atoms with Gasteiger partial charge in [-0.25, -0.2) is 0 Å². The van der Waals surface area contributed by atoms with Crippen molar-refractivity contribution >= 4 is 26.1 Å².